The first-order valence-corrected chi connectivity index (χ1v) is 22.0. The van der Waals surface area contributed by atoms with E-state index in [-0.39, 0.29) is 0 Å². The third-order valence-corrected chi connectivity index (χ3v) is 12.8. The van der Waals surface area contributed by atoms with Crippen molar-refractivity contribution in [2.75, 3.05) is 33.0 Å². The Hall–Kier alpha value is -1.69. The number of aliphatic hydroxyl groups excluding tert-OH is 18. The van der Waals surface area contributed by atoms with Gasteiger partial charge in [0.05, 0.1) is 39.1 Å². The monoisotopic (exact) mass is 1020 g/mol. The van der Waals surface area contributed by atoms with Crippen molar-refractivity contribution in [3.8, 4) is 0 Å². The summed E-state index contributed by atoms with van der Waals surface area (Å²) in [6, 6.07) is -1.79. The Morgan fingerprint density at radius 2 is 0.768 bits per heavy atom. The SMILES string of the molecule is CC(=O)NC1C(O[C@@H]2OC(CO)[C@H](O)C(O)C2O[C@@H]2OC(C)[C@@H](O)C(O)C2O)[C@@H](O)C(CO)O[C@H]1OC1C(O)[C@@H](O[C@H]2C(CO)O[C@@H](O[C@@H]3C(CO)O[C@@H](O)C(O)C3O)C(O)C2O)OC(CO)[C@@H]1O. The van der Waals surface area contributed by atoms with Crippen molar-refractivity contribution in [2.45, 2.75) is 198 Å². The van der Waals surface area contributed by atoms with E-state index < -0.39 is 223 Å². The minimum atomic E-state index is -2.21. The summed E-state index contributed by atoms with van der Waals surface area (Å²) >= 11 is 0. The highest BCUT2D eigenvalue weighted by molar-refractivity contribution is 5.73. The summed E-state index contributed by atoms with van der Waals surface area (Å²) in [4.78, 5) is 12.7. The average molecular weight is 1020 g/mol. The fraction of sp³-hybridized carbons (Fsp3) is 0.974. The van der Waals surface area contributed by atoms with E-state index in [0.29, 0.717) is 0 Å². The van der Waals surface area contributed by atoms with Crippen LogP contribution in [0.3, 0.4) is 0 Å². The minimum absolute atomic E-state index is 0.863. The Kier molecular flexibility index (Phi) is 19.8. The molecule has 0 radical (unpaired) electrons. The van der Waals surface area contributed by atoms with Gasteiger partial charge in [0.15, 0.2) is 37.7 Å². The summed E-state index contributed by atoms with van der Waals surface area (Å²) in [6.45, 7) is -2.55. The first-order chi connectivity index (χ1) is 32.6. The molecule has 31 heteroatoms. The van der Waals surface area contributed by atoms with Crippen molar-refractivity contribution in [1.29, 1.82) is 0 Å². The molecule has 19 N–H and O–H groups in total. The van der Waals surface area contributed by atoms with E-state index in [1.165, 1.54) is 6.92 Å². The maximum Gasteiger partial charge on any atom is 0.217 e. The van der Waals surface area contributed by atoms with Gasteiger partial charge < -0.3 is 149 Å². The summed E-state index contributed by atoms with van der Waals surface area (Å²) in [5.74, 6) is -0.863. The summed E-state index contributed by atoms with van der Waals surface area (Å²) in [5, 5.41) is 194. The van der Waals surface area contributed by atoms with Gasteiger partial charge in [0.2, 0.25) is 5.91 Å². The Balaban J connectivity index is 1.23. The molecule has 0 aromatic heterocycles. The lowest BCUT2D eigenvalue weighted by Crippen LogP contribution is -2.70. The van der Waals surface area contributed by atoms with Gasteiger partial charge in [0.25, 0.3) is 0 Å². The molecular formula is C38H65NO30. The highest BCUT2D eigenvalue weighted by atomic mass is 16.8. The molecule has 30 atom stereocenters. The molecule has 0 spiro atoms. The number of ether oxygens (including phenoxy) is 11. The average Bonchev–Trinajstić information content (AvgIpc) is 3.32. The second-order valence-electron chi connectivity index (χ2n) is 17.5. The van der Waals surface area contributed by atoms with Crippen LogP contribution in [0.2, 0.25) is 0 Å². The van der Waals surface area contributed by atoms with Crippen LogP contribution >= 0.6 is 0 Å². The summed E-state index contributed by atoms with van der Waals surface area (Å²) < 4.78 is 62.4. The minimum Gasteiger partial charge on any atom is -0.394 e. The lowest BCUT2D eigenvalue weighted by Gasteiger charge is -2.51. The molecular weight excluding hydrogens is 950 g/mol. The molecule has 6 heterocycles. The maximum atomic E-state index is 12.7. The van der Waals surface area contributed by atoms with Crippen LogP contribution in [0.15, 0.2) is 0 Å². The molecule has 6 aliphatic heterocycles. The summed E-state index contributed by atoms with van der Waals surface area (Å²) in [5.41, 5.74) is 0. The molecule has 6 aliphatic rings. The molecule has 0 bridgehead atoms. The molecule has 6 rings (SSSR count). The highest BCUT2D eigenvalue weighted by Crippen LogP contribution is 2.37. The van der Waals surface area contributed by atoms with Crippen LogP contribution in [0.5, 0.6) is 0 Å². The van der Waals surface area contributed by atoms with Gasteiger partial charge >= 0.3 is 0 Å². The third kappa shape index (κ3) is 11.8. The van der Waals surface area contributed by atoms with Gasteiger partial charge in [-0.3, -0.25) is 4.79 Å². The molecule has 18 unspecified atom stereocenters. The number of hydrogen-bond acceptors (Lipinski definition) is 30. The summed E-state index contributed by atoms with van der Waals surface area (Å²) in [6.07, 6.45) is -54.3. The second-order valence-corrected chi connectivity index (χ2v) is 17.5. The van der Waals surface area contributed by atoms with Gasteiger partial charge in [-0.1, -0.05) is 0 Å². The van der Waals surface area contributed by atoms with Gasteiger partial charge in [-0.05, 0) is 6.92 Å². The van der Waals surface area contributed by atoms with E-state index in [1.807, 2.05) is 0 Å². The van der Waals surface area contributed by atoms with Gasteiger partial charge in [-0.25, -0.2) is 0 Å². The van der Waals surface area contributed by atoms with Gasteiger partial charge in [0.1, 0.15) is 140 Å². The quantitative estimate of drug-likeness (QED) is 0.0682. The van der Waals surface area contributed by atoms with Crippen molar-refractivity contribution < 1.29 is 149 Å². The zero-order chi connectivity index (χ0) is 50.9. The van der Waals surface area contributed by atoms with Crippen molar-refractivity contribution in [2.24, 2.45) is 0 Å². The Labute approximate surface area is 390 Å². The van der Waals surface area contributed by atoms with Crippen LogP contribution in [-0.2, 0) is 56.9 Å². The molecule has 6 saturated heterocycles. The molecule has 0 aromatic carbocycles. The number of carbonyl (C=O) groups is 1. The summed E-state index contributed by atoms with van der Waals surface area (Å²) in [7, 11) is 0. The second kappa shape index (κ2) is 24.1. The van der Waals surface area contributed by atoms with E-state index in [1.54, 1.807) is 0 Å². The fourth-order valence-electron chi connectivity index (χ4n) is 8.84. The van der Waals surface area contributed by atoms with Crippen LogP contribution in [0.1, 0.15) is 13.8 Å². The Morgan fingerprint density at radius 3 is 1.33 bits per heavy atom. The molecule has 6 fully saturated rings. The highest BCUT2D eigenvalue weighted by Gasteiger charge is 2.58. The van der Waals surface area contributed by atoms with E-state index in [4.69, 9.17) is 52.1 Å². The number of nitrogens with one attached hydrogen (secondary N) is 1. The molecule has 0 aliphatic carbocycles. The predicted molar refractivity (Wildman–Crippen MR) is 209 cm³/mol. The lowest BCUT2D eigenvalue weighted by molar-refractivity contribution is -0.393. The van der Waals surface area contributed by atoms with Crippen LogP contribution in [0.25, 0.3) is 0 Å². The van der Waals surface area contributed by atoms with Gasteiger partial charge in [-0.2, -0.15) is 0 Å². The van der Waals surface area contributed by atoms with Crippen LogP contribution in [0.4, 0.5) is 0 Å². The van der Waals surface area contributed by atoms with E-state index in [9.17, 15) is 96.7 Å². The number of amides is 1. The number of hydrogen-bond donors (Lipinski definition) is 19. The van der Waals surface area contributed by atoms with Crippen molar-refractivity contribution in [3.63, 3.8) is 0 Å². The molecule has 0 saturated carbocycles. The predicted octanol–water partition coefficient (Wildman–Crippen LogP) is -12.9. The first-order valence-electron chi connectivity index (χ1n) is 22.0. The Morgan fingerprint density at radius 1 is 0.377 bits per heavy atom. The lowest BCUT2D eigenvalue weighted by atomic mass is 9.94. The Bertz CT molecular complexity index is 1610. The number of rotatable bonds is 16. The topological polar surface area (TPSA) is 495 Å². The van der Waals surface area contributed by atoms with Crippen LogP contribution < -0.4 is 5.32 Å². The zero-order valence-corrected chi connectivity index (χ0v) is 36.8. The molecule has 0 aromatic rings. The zero-order valence-electron chi connectivity index (χ0n) is 36.8. The first kappa shape index (κ1) is 56.6. The van der Waals surface area contributed by atoms with Crippen molar-refractivity contribution in [1.82, 2.24) is 5.32 Å². The smallest absolute Gasteiger partial charge is 0.217 e. The van der Waals surface area contributed by atoms with E-state index >= 15 is 0 Å². The van der Waals surface area contributed by atoms with Crippen LogP contribution in [-0.4, -0.2) is 315 Å². The largest absolute Gasteiger partial charge is 0.394 e. The van der Waals surface area contributed by atoms with Crippen LogP contribution in [0, 0.1) is 0 Å². The number of carbonyl (C=O) groups excluding carboxylic acids is 1. The van der Waals surface area contributed by atoms with E-state index in [0.717, 1.165) is 6.92 Å². The fourth-order valence-corrected chi connectivity index (χ4v) is 8.84. The number of aliphatic hydroxyl groups is 18. The molecule has 31 nitrogen and oxygen atoms in total. The molecule has 1 amide bonds. The maximum absolute atomic E-state index is 12.7. The standard InChI is InChI=1S/C38H65NO30/c1-8-16(46)20(50)25(55)35(59-8)69-32-21(51)17(47)10(3-40)63-38(32)67-30-15(39-9(2)45)34(61-11(4-41)18(30)48)68-31-19(49)12(5-42)62-37(27(31)57)66-29-14(7-44)64-36(26(56)23(29)53)65-28-13(6-43)60-33(58)24(54)22(28)52/h8,10-38,40-44,46-58H,3-7H2,1-2H3,(H,39,45)/t8?,10?,11?,12?,13?,14?,15?,16-,17+,18+,19+,20?,21?,22?,23?,24?,25?,26?,27?,28-,29+,30?,31?,32?,33-,34+,35+,36+,37-,38+/m1/s1. The van der Waals surface area contributed by atoms with Gasteiger partial charge in [0, 0.05) is 6.92 Å². The van der Waals surface area contributed by atoms with Gasteiger partial charge in [-0.15, -0.1) is 0 Å². The normalized spacial score (nSPS) is 52.1. The van der Waals surface area contributed by atoms with Crippen molar-refractivity contribution >= 4 is 5.91 Å². The third-order valence-electron chi connectivity index (χ3n) is 12.8. The van der Waals surface area contributed by atoms with E-state index in [2.05, 4.69) is 5.32 Å². The molecule has 69 heavy (non-hydrogen) atoms. The van der Waals surface area contributed by atoms with Crippen molar-refractivity contribution in [3.05, 3.63) is 0 Å². The molecule has 402 valence electrons.